The highest BCUT2D eigenvalue weighted by Gasteiger charge is 2.38. The van der Waals surface area contributed by atoms with Crippen molar-refractivity contribution >= 4 is 58.5 Å². The van der Waals surface area contributed by atoms with Crippen LogP contribution in [0.3, 0.4) is 0 Å². The first-order valence-electron chi connectivity index (χ1n) is 11.3. The van der Waals surface area contributed by atoms with Gasteiger partial charge in [0.05, 0.1) is 28.3 Å². The Morgan fingerprint density at radius 1 is 1.02 bits per heavy atom. The van der Waals surface area contributed by atoms with E-state index >= 15 is 0 Å². The fourth-order valence-electron chi connectivity index (χ4n) is 3.82. The van der Waals surface area contributed by atoms with Gasteiger partial charge >= 0.3 is 17.9 Å². The largest absolute Gasteiger partial charge is 0.493 e. The number of alkyl halides is 3. The quantitative estimate of drug-likeness (QED) is 0.142. The van der Waals surface area contributed by atoms with Gasteiger partial charge in [0.2, 0.25) is 5.75 Å². The van der Waals surface area contributed by atoms with Gasteiger partial charge in [0, 0.05) is 11.1 Å². The van der Waals surface area contributed by atoms with Gasteiger partial charge in [0.15, 0.2) is 11.5 Å². The summed E-state index contributed by atoms with van der Waals surface area (Å²) in [7, 11) is 1.19. The Morgan fingerprint density at radius 2 is 1.73 bits per heavy atom. The summed E-state index contributed by atoms with van der Waals surface area (Å²) in [5.74, 6) is -2.93. The molecule has 1 aliphatic rings. The molecule has 0 radical (unpaired) electrons. The molecule has 1 heterocycles. The Labute approximate surface area is 239 Å². The van der Waals surface area contributed by atoms with Crippen molar-refractivity contribution in [3.05, 3.63) is 91.0 Å². The van der Waals surface area contributed by atoms with Gasteiger partial charge in [-0.25, -0.2) is 9.69 Å². The van der Waals surface area contributed by atoms with E-state index in [1.165, 1.54) is 25.3 Å². The molecule has 0 aliphatic carbocycles. The number of anilines is 1. The second-order valence-electron chi connectivity index (χ2n) is 8.46. The highest BCUT2D eigenvalue weighted by atomic mass is 35.5. The number of ether oxygens (including phenoxy) is 2. The molecule has 3 aromatic carbocycles. The van der Waals surface area contributed by atoms with Crippen LogP contribution in [-0.4, -0.2) is 29.9 Å². The summed E-state index contributed by atoms with van der Waals surface area (Å²) in [6.07, 6.45) is -3.71. The normalized spacial score (nSPS) is 14.8. The molecule has 0 unspecified atom stereocenters. The minimum atomic E-state index is -4.83. The summed E-state index contributed by atoms with van der Waals surface area (Å²) >= 11 is 12.4. The number of urea groups is 1. The number of halogens is 5. The third kappa shape index (κ3) is 5.95. The number of benzene rings is 3. The third-order valence-corrected chi connectivity index (χ3v) is 6.29. The van der Waals surface area contributed by atoms with Gasteiger partial charge in [0.25, 0.3) is 11.8 Å². The molecular formula is C26H16Cl2F3N3O7. The maximum absolute atomic E-state index is 13.3. The predicted molar refractivity (Wildman–Crippen MR) is 141 cm³/mol. The van der Waals surface area contributed by atoms with Gasteiger partial charge in [-0.15, -0.1) is 0 Å². The number of hydrogen-bond acceptors (Lipinski definition) is 7. The Hall–Kier alpha value is -4.62. The number of aryl methyl sites for hydroxylation is 1. The molecule has 0 aromatic heterocycles. The zero-order valence-electron chi connectivity index (χ0n) is 20.8. The van der Waals surface area contributed by atoms with Crippen LogP contribution in [0.15, 0.2) is 54.1 Å². The van der Waals surface area contributed by atoms with Crippen LogP contribution in [0.4, 0.5) is 29.3 Å². The minimum Gasteiger partial charge on any atom is -0.493 e. The zero-order chi connectivity index (χ0) is 30.2. The van der Waals surface area contributed by atoms with Gasteiger partial charge < -0.3 is 9.47 Å². The average molecular weight is 610 g/mol. The van der Waals surface area contributed by atoms with Crippen LogP contribution in [0.5, 0.6) is 17.2 Å². The van der Waals surface area contributed by atoms with Gasteiger partial charge in [0.1, 0.15) is 5.57 Å². The molecule has 15 heteroatoms. The Bertz CT molecular complexity index is 1660. The summed E-state index contributed by atoms with van der Waals surface area (Å²) in [5, 5.41) is 13.5. The molecule has 1 aliphatic heterocycles. The first kappa shape index (κ1) is 29.4. The molecule has 1 fully saturated rings. The molecule has 0 bridgehead atoms. The fourth-order valence-corrected chi connectivity index (χ4v) is 4.25. The van der Waals surface area contributed by atoms with E-state index in [4.69, 9.17) is 32.7 Å². The first-order chi connectivity index (χ1) is 19.2. The highest BCUT2D eigenvalue weighted by Crippen LogP contribution is 2.44. The van der Waals surface area contributed by atoms with Crippen LogP contribution in [0.2, 0.25) is 10.0 Å². The molecule has 1 saturated heterocycles. The van der Waals surface area contributed by atoms with Crippen LogP contribution >= 0.6 is 23.2 Å². The third-order valence-electron chi connectivity index (χ3n) is 5.77. The maximum Gasteiger partial charge on any atom is 0.416 e. The second kappa shape index (κ2) is 11.1. The molecule has 0 atom stereocenters. The molecule has 4 rings (SSSR count). The van der Waals surface area contributed by atoms with Crippen molar-refractivity contribution in [1.82, 2.24) is 5.32 Å². The predicted octanol–water partition coefficient (Wildman–Crippen LogP) is 6.70. The molecule has 1 N–H and O–H groups in total. The summed E-state index contributed by atoms with van der Waals surface area (Å²) in [4.78, 5) is 49.5. The Morgan fingerprint density at radius 3 is 2.37 bits per heavy atom. The molecule has 3 aromatic rings. The second-order valence-corrected chi connectivity index (χ2v) is 9.31. The van der Waals surface area contributed by atoms with Crippen LogP contribution in [0.1, 0.15) is 16.7 Å². The number of rotatable bonds is 6. The number of amides is 4. The lowest BCUT2D eigenvalue weighted by molar-refractivity contribution is -0.385. The molecule has 10 nitrogen and oxygen atoms in total. The van der Waals surface area contributed by atoms with Crippen LogP contribution in [0.25, 0.3) is 6.08 Å². The number of carbonyl (C=O) groups excluding carboxylic acids is 3. The molecule has 0 saturated carbocycles. The topological polar surface area (TPSA) is 128 Å². The van der Waals surface area contributed by atoms with E-state index < -0.39 is 51.5 Å². The molecule has 0 spiro atoms. The lowest BCUT2D eigenvalue weighted by Crippen LogP contribution is -2.54. The van der Waals surface area contributed by atoms with Crippen molar-refractivity contribution < 1.29 is 42.0 Å². The molecular weight excluding hydrogens is 594 g/mol. The average Bonchev–Trinajstić information content (AvgIpc) is 2.89. The van der Waals surface area contributed by atoms with E-state index in [2.05, 4.69) is 5.32 Å². The van der Waals surface area contributed by atoms with Crippen molar-refractivity contribution in [1.29, 1.82) is 0 Å². The number of imide groups is 2. The van der Waals surface area contributed by atoms with Crippen molar-refractivity contribution in [2.75, 3.05) is 12.0 Å². The van der Waals surface area contributed by atoms with E-state index in [0.717, 1.165) is 17.0 Å². The smallest absolute Gasteiger partial charge is 0.416 e. The molecule has 212 valence electrons. The molecule has 4 amide bonds. The Balaban J connectivity index is 1.73. The number of hydrogen-bond donors (Lipinski definition) is 1. The number of nitrogens with zero attached hydrogens (tertiary/aromatic N) is 2. The van der Waals surface area contributed by atoms with Crippen molar-refractivity contribution in [3.8, 4) is 17.2 Å². The number of nitro benzene ring substituents is 1. The van der Waals surface area contributed by atoms with Crippen LogP contribution < -0.4 is 19.7 Å². The molecule has 41 heavy (non-hydrogen) atoms. The Kier molecular flexibility index (Phi) is 7.95. The number of methoxy groups -OCH3 is 1. The van der Waals surface area contributed by atoms with Crippen molar-refractivity contribution in [2.45, 2.75) is 13.1 Å². The van der Waals surface area contributed by atoms with Crippen molar-refractivity contribution in [3.63, 3.8) is 0 Å². The van der Waals surface area contributed by atoms with E-state index in [1.807, 2.05) is 0 Å². The monoisotopic (exact) mass is 609 g/mol. The fraction of sp³-hybridized carbons (Fsp3) is 0.115. The maximum atomic E-state index is 13.3. The summed E-state index contributed by atoms with van der Waals surface area (Å²) in [6, 6.07) is 7.70. The van der Waals surface area contributed by atoms with E-state index in [0.29, 0.717) is 17.7 Å². The number of barbiturate groups is 1. The summed E-state index contributed by atoms with van der Waals surface area (Å²) in [6.45, 7) is 1.64. The van der Waals surface area contributed by atoms with E-state index in [1.54, 1.807) is 19.1 Å². The van der Waals surface area contributed by atoms with Gasteiger partial charge in [-0.2, -0.15) is 13.2 Å². The van der Waals surface area contributed by atoms with Crippen LogP contribution in [0, 0.1) is 17.0 Å². The summed E-state index contributed by atoms with van der Waals surface area (Å²) < 4.78 is 49.9. The van der Waals surface area contributed by atoms with Gasteiger partial charge in [-0.05, 0) is 60.5 Å². The lowest BCUT2D eigenvalue weighted by atomic mass is 10.1. The number of nitrogens with one attached hydrogen (secondary N) is 1. The number of nitro groups is 1. The van der Waals surface area contributed by atoms with Gasteiger partial charge in [-0.1, -0.05) is 29.3 Å². The number of carbonyl (C=O) groups is 3. The minimum absolute atomic E-state index is 0.122. The van der Waals surface area contributed by atoms with E-state index in [9.17, 15) is 37.7 Å². The first-order valence-corrected chi connectivity index (χ1v) is 12.1. The van der Waals surface area contributed by atoms with E-state index in [-0.39, 0.29) is 32.8 Å². The van der Waals surface area contributed by atoms with Gasteiger partial charge in [-0.3, -0.25) is 25.0 Å². The van der Waals surface area contributed by atoms with Crippen LogP contribution in [-0.2, 0) is 15.8 Å². The van der Waals surface area contributed by atoms with Crippen molar-refractivity contribution in [2.24, 2.45) is 0 Å². The standard InChI is InChI=1S/C26H16Cl2F3N3O7/c1-12-3-5-15(27)11-18(12)33-24(36)16(23(35)32-25(33)37)7-13-8-17(28)22(21(9-13)40-2)41-20-6-4-14(26(29,30)31)10-19(20)34(38)39/h3-11H,1-2H3,(H,32,35,37)/b16-7+. The SMILES string of the molecule is COc1cc(/C=C2\C(=O)NC(=O)N(c3cc(Cl)ccc3C)C2=O)cc(Cl)c1Oc1ccc(C(F)(F)F)cc1[N+](=O)[O-]. The zero-order valence-corrected chi connectivity index (χ0v) is 22.3. The summed E-state index contributed by atoms with van der Waals surface area (Å²) in [5.41, 5.74) is -1.89. The lowest BCUT2D eigenvalue weighted by Gasteiger charge is -2.27. The highest BCUT2D eigenvalue weighted by molar-refractivity contribution is 6.40.